The number of hydrogen-bond donors (Lipinski definition) is 3. The van der Waals surface area contributed by atoms with E-state index < -0.39 is 0 Å². The Kier molecular flexibility index (Phi) is 6.02. The highest BCUT2D eigenvalue weighted by Crippen LogP contribution is 2.33. The van der Waals surface area contributed by atoms with E-state index in [1.54, 1.807) is 18.3 Å². The van der Waals surface area contributed by atoms with E-state index in [4.69, 9.17) is 0 Å². The van der Waals surface area contributed by atoms with E-state index in [-0.39, 0.29) is 11.7 Å². The minimum Gasteiger partial charge on any atom is -0.381 e. The number of H-pyrrole nitrogens is 1. The average molecular weight is 409 g/mol. The maximum atomic E-state index is 13.2. The zero-order valence-electron chi connectivity index (χ0n) is 17.6. The van der Waals surface area contributed by atoms with Crippen molar-refractivity contribution < 1.29 is 9.18 Å². The van der Waals surface area contributed by atoms with Crippen LogP contribution in [-0.4, -0.2) is 21.9 Å². The molecule has 3 N–H and O–H groups in total. The molecule has 1 fully saturated rings. The maximum absolute atomic E-state index is 13.2. The average Bonchev–Trinajstić information content (AvgIpc) is 3.20. The number of halogens is 1. The lowest BCUT2D eigenvalue weighted by molar-refractivity contribution is 0.102. The van der Waals surface area contributed by atoms with Crippen molar-refractivity contribution in [2.24, 2.45) is 0 Å². The first kappa shape index (κ1) is 20.4. The van der Waals surface area contributed by atoms with Gasteiger partial charge in [0.25, 0.3) is 5.91 Å². The van der Waals surface area contributed by atoms with Crippen LogP contribution in [0.4, 0.5) is 15.8 Å². The van der Waals surface area contributed by atoms with Crippen LogP contribution in [0.15, 0.2) is 36.5 Å². The van der Waals surface area contributed by atoms with Gasteiger partial charge in [-0.2, -0.15) is 0 Å². The van der Waals surface area contributed by atoms with Gasteiger partial charge in [-0.15, -0.1) is 0 Å². The van der Waals surface area contributed by atoms with E-state index in [9.17, 15) is 9.18 Å². The molecule has 4 rings (SSSR count). The first-order valence-corrected chi connectivity index (χ1v) is 10.9. The molecule has 1 atom stereocenters. The summed E-state index contributed by atoms with van der Waals surface area (Å²) in [7, 11) is 0. The van der Waals surface area contributed by atoms with Gasteiger partial charge in [0.2, 0.25) is 0 Å². The molecular formula is C24H29FN4O. The van der Waals surface area contributed by atoms with Gasteiger partial charge in [0.15, 0.2) is 0 Å². The van der Waals surface area contributed by atoms with E-state index in [1.165, 1.54) is 31.4 Å². The fourth-order valence-corrected chi connectivity index (χ4v) is 4.09. The van der Waals surface area contributed by atoms with Gasteiger partial charge in [0.1, 0.15) is 11.5 Å². The Hall–Kier alpha value is -2.89. The smallest absolute Gasteiger partial charge is 0.259 e. The van der Waals surface area contributed by atoms with Crippen molar-refractivity contribution in [3.05, 3.63) is 53.6 Å². The molecule has 0 bridgehead atoms. The van der Waals surface area contributed by atoms with Gasteiger partial charge in [0, 0.05) is 29.0 Å². The van der Waals surface area contributed by atoms with E-state index in [1.807, 2.05) is 0 Å². The van der Waals surface area contributed by atoms with Crippen molar-refractivity contribution in [3.63, 3.8) is 0 Å². The van der Waals surface area contributed by atoms with Crippen LogP contribution in [0.3, 0.4) is 0 Å². The van der Waals surface area contributed by atoms with E-state index in [2.05, 4.69) is 40.5 Å². The van der Waals surface area contributed by atoms with Gasteiger partial charge in [-0.3, -0.25) is 4.79 Å². The molecule has 2 aromatic heterocycles. The number of nitrogens with one attached hydrogen (secondary N) is 3. The van der Waals surface area contributed by atoms with Crippen molar-refractivity contribution in [2.45, 2.75) is 64.3 Å². The second-order valence-corrected chi connectivity index (χ2v) is 8.28. The molecule has 0 aliphatic heterocycles. The lowest BCUT2D eigenvalue weighted by Gasteiger charge is -2.25. The molecule has 1 aliphatic carbocycles. The van der Waals surface area contributed by atoms with Gasteiger partial charge in [0.05, 0.1) is 11.3 Å². The fourth-order valence-electron chi connectivity index (χ4n) is 4.09. The number of aromatic nitrogens is 2. The van der Waals surface area contributed by atoms with Crippen LogP contribution < -0.4 is 10.6 Å². The summed E-state index contributed by atoms with van der Waals surface area (Å²) < 4.78 is 13.2. The number of fused-ring (bicyclic) bond motifs is 1. The zero-order chi connectivity index (χ0) is 21.1. The lowest BCUT2D eigenvalue weighted by Crippen LogP contribution is -2.24. The highest BCUT2D eigenvalue weighted by molar-refractivity contribution is 6.12. The molecule has 6 heteroatoms. The van der Waals surface area contributed by atoms with Crippen LogP contribution in [-0.2, 0) is 0 Å². The van der Waals surface area contributed by atoms with E-state index >= 15 is 0 Å². The quantitative estimate of drug-likeness (QED) is 0.454. The molecule has 30 heavy (non-hydrogen) atoms. The lowest BCUT2D eigenvalue weighted by atomic mass is 9.95. The predicted molar refractivity (Wildman–Crippen MR) is 120 cm³/mol. The number of nitrogens with zero attached hydrogens (tertiary/aromatic N) is 1. The summed E-state index contributed by atoms with van der Waals surface area (Å²) in [5.41, 5.74) is 3.81. The van der Waals surface area contributed by atoms with Crippen molar-refractivity contribution >= 4 is 28.3 Å². The Labute approximate surface area is 176 Å². The topological polar surface area (TPSA) is 69.8 Å². The molecule has 1 saturated carbocycles. The third kappa shape index (κ3) is 4.32. The molecule has 0 saturated heterocycles. The summed E-state index contributed by atoms with van der Waals surface area (Å²) in [6.45, 7) is 4.34. The number of anilines is 2. The molecule has 3 aromatic rings. The van der Waals surface area contributed by atoms with Crippen LogP contribution in [0.2, 0.25) is 0 Å². The van der Waals surface area contributed by atoms with Crippen LogP contribution in [0.5, 0.6) is 0 Å². The van der Waals surface area contributed by atoms with Crippen LogP contribution >= 0.6 is 0 Å². The second kappa shape index (κ2) is 8.86. The van der Waals surface area contributed by atoms with Crippen molar-refractivity contribution in [1.29, 1.82) is 0 Å². The second-order valence-electron chi connectivity index (χ2n) is 8.28. The van der Waals surface area contributed by atoms with E-state index in [0.717, 1.165) is 41.7 Å². The van der Waals surface area contributed by atoms with Crippen LogP contribution in [0.1, 0.15) is 74.3 Å². The number of pyridine rings is 1. The Morgan fingerprint density at radius 1 is 1.23 bits per heavy atom. The largest absolute Gasteiger partial charge is 0.381 e. The first-order valence-electron chi connectivity index (χ1n) is 10.9. The summed E-state index contributed by atoms with van der Waals surface area (Å²) in [6.07, 6.45) is 8.53. The molecule has 1 aliphatic rings. The Balaban J connectivity index is 1.71. The van der Waals surface area contributed by atoms with Crippen molar-refractivity contribution in [3.8, 4) is 0 Å². The molecule has 158 valence electrons. The predicted octanol–water partition coefficient (Wildman–Crippen LogP) is 6.21. The summed E-state index contributed by atoms with van der Waals surface area (Å²) in [5.74, 6) is -0.195. The monoisotopic (exact) mass is 408 g/mol. The van der Waals surface area contributed by atoms with E-state index in [0.29, 0.717) is 23.2 Å². The first-order chi connectivity index (χ1) is 14.5. The van der Waals surface area contributed by atoms with Crippen LogP contribution in [0.25, 0.3) is 11.0 Å². The number of benzene rings is 1. The minimum absolute atomic E-state index is 0.249. The van der Waals surface area contributed by atoms with Crippen molar-refractivity contribution in [1.82, 2.24) is 9.97 Å². The highest BCUT2D eigenvalue weighted by atomic mass is 19.1. The molecule has 2 heterocycles. The summed E-state index contributed by atoms with van der Waals surface area (Å²) in [4.78, 5) is 21.1. The number of aromatic amines is 1. The SMILES string of the molecule is CCC(C)c1cc2c(NC3CCCCC3)c(C(=O)Nc3ccc(F)cc3)cnc2[nH]1. The third-order valence-electron chi connectivity index (χ3n) is 6.12. The minimum atomic E-state index is -0.333. The number of rotatable bonds is 6. The van der Waals surface area contributed by atoms with Gasteiger partial charge >= 0.3 is 0 Å². The number of hydrogen-bond acceptors (Lipinski definition) is 3. The summed E-state index contributed by atoms with van der Waals surface area (Å²) in [5, 5.41) is 7.48. The molecule has 0 radical (unpaired) electrons. The molecule has 1 unspecified atom stereocenters. The molecule has 5 nitrogen and oxygen atoms in total. The van der Waals surface area contributed by atoms with Gasteiger partial charge in [-0.1, -0.05) is 33.1 Å². The van der Waals surface area contributed by atoms with Gasteiger partial charge < -0.3 is 15.6 Å². The Morgan fingerprint density at radius 3 is 2.67 bits per heavy atom. The number of carbonyl (C=O) groups excluding carboxylic acids is 1. The third-order valence-corrected chi connectivity index (χ3v) is 6.12. The zero-order valence-corrected chi connectivity index (χ0v) is 17.6. The van der Waals surface area contributed by atoms with Crippen LogP contribution in [0, 0.1) is 5.82 Å². The molecule has 1 amide bonds. The van der Waals surface area contributed by atoms with Gasteiger partial charge in [-0.05, 0) is 55.5 Å². The molecule has 1 aromatic carbocycles. The Morgan fingerprint density at radius 2 is 1.97 bits per heavy atom. The van der Waals surface area contributed by atoms with Gasteiger partial charge in [-0.25, -0.2) is 9.37 Å². The number of carbonyl (C=O) groups is 1. The summed E-state index contributed by atoms with van der Waals surface area (Å²) >= 11 is 0. The Bertz CT molecular complexity index is 1020. The molecular weight excluding hydrogens is 379 g/mol. The molecule has 0 spiro atoms. The fraction of sp³-hybridized carbons (Fsp3) is 0.417. The van der Waals surface area contributed by atoms with Crippen molar-refractivity contribution in [2.75, 3.05) is 10.6 Å². The standard InChI is InChI=1S/C24H29FN4O/c1-3-15(2)21-13-19-22(27-17-7-5-4-6-8-17)20(14-26-23(19)29-21)24(30)28-18-11-9-16(25)10-12-18/h9-15,17H,3-8H2,1-2H3,(H,28,30)(H2,26,27,29). The maximum Gasteiger partial charge on any atom is 0.259 e. The summed E-state index contributed by atoms with van der Waals surface area (Å²) in [6, 6.07) is 8.26. The normalized spacial score (nSPS) is 15.8. The number of amides is 1. The highest BCUT2D eigenvalue weighted by Gasteiger charge is 2.22.